The van der Waals surface area contributed by atoms with Gasteiger partial charge in [-0.2, -0.15) is 0 Å². The fourth-order valence-electron chi connectivity index (χ4n) is 1.78. The summed E-state index contributed by atoms with van der Waals surface area (Å²) in [6, 6.07) is 0.145. The summed E-state index contributed by atoms with van der Waals surface area (Å²) in [6.07, 6.45) is 4.16. The number of aliphatic hydroxyl groups is 1. The van der Waals surface area contributed by atoms with Gasteiger partial charge in [-0.3, -0.25) is 9.59 Å². The molecule has 2 aliphatic rings. The maximum absolute atomic E-state index is 11.5. The summed E-state index contributed by atoms with van der Waals surface area (Å²) in [5, 5.41) is 9.58. The van der Waals surface area contributed by atoms with E-state index >= 15 is 0 Å². The molecule has 2 rings (SSSR count). The van der Waals surface area contributed by atoms with Crippen LogP contribution in [0.1, 0.15) is 32.1 Å². The van der Waals surface area contributed by atoms with Crippen LogP contribution >= 0.6 is 0 Å². The first-order valence-electron chi connectivity index (χ1n) is 4.93. The minimum Gasteiger partial charge on any atom is -0.510 e. The van der Waals surface area contributed by atoms with E-state index in [1.807, 2.05) is 0 Å². The lowest BCUT2D eigenvalue weighted by Crippen LogP contribution is -2.31. The Balaban J connectivity index is 2.27. The molecule has 76 valence electrons. The Morgan fingerprint density at radius 2 is 2.07 bits per heavy atom. The van der Waals surface area contributed by atoms with Gasteiger partial charge in [-0.1, -0.05) is 0 Å². The van der Waals surface area contributed by atoms with Gasteiger partial charge in [0.05, 0.1) is 0 Å². The van der Waals surface area contributed by atoms with Gasteiger partial charge in [0.1, 0.15) is 11.5 Å². The Bertz CT molecular complexity index is 304. The van der Waals surface area contributed by atoms with Crippen LogP contribution in [0.3, 0.4) is 0 Å². The van der Waals surface area contributed by atoms with Gasteiger partial charge in [0.25, 0.3) is 0 Å². The van der Waals surface area contributed by atoms with Crippen LogP contribution in [0.4, 0.5) is 0 Å². The van der Waals surface area contributed by atoms with Crippen molar-refractivity contribution in [2.45, 2.75) is 38.1 Å². The summed E-state index contributed by atoms with van der Waals surface area (Å²) in [5.41, 5.74) is 0.244. The second-order valence-corrected chi connectivity index (χ2v) is 3.82. The van der Waals surface area contributed by atoms with Crippen LogP contribution in [0.5, 0.6) is 0 Å². The van der Waals surface area contributed by atoms with E-state index in [9.17, 15) is 14.7 Å². The predicted octanol–water partition coefficient (Wildman–Crippen LogP) is 1.13. The van der Waals surface area contributed by atoms with Gasteiger partial charge < -0.3 is 10.0 Å². The number of allylic oxidation sites excluding steroid dienone is 2. The molecule has 0 heterocycles. The number of aliphatic hydroxyl groups excluding tert-OH is 1. The first-order valence-corrected chi connectivity index (χ1v) is 4.93. The smallest absolute Gasteiger partial charge is 0.214 e. The standard InChI is InChI=1S/C10H13NO3/c12-6-11(7-4-5-7)10-8(13)2-1-3-9(10)14/h6-7,13H,1-5H2. The summed E-state index contributed by atoms with van der Waals surface area (Å²) in [6.45, 7) is 0. The first-order chi connectivity index (χ1) is 6.74. The molecule has 0 atom stereocenters. The van der Waals surface area contributed by atoms with Crippen molar-refractivity contribution in [2.24, 2.45) is 0 Å². The molecule has 1 saturated carbocycles. The number of Topliss-reactive ketones (excluding diaryl/α,β-unsaturated/α-hetero) is 1. The predicted molar refractivity (Wildman–Crippen MR) is 49.4 cm³/mol. The van der Waals surface area contributed by atoms with Gasteiger partial charge in [-0.15, -0.1) is 0 Å². The minimum atomic E-state index is -0.104. The van der Waals surface area contributed by atoms with Gasteiger partial charge in [-0.25, -0.2) is 0 Å². The molecule has 2 aliphatic carbocycles. The van der Waals surface area contributed by atoms with E-state index in [2.05, 4.69) is 0 Å². The van der Waals surface area contributed by atoms with Crippen LogP contribution < -0.4 is 0 Å². The Hall–Kier alpha value is -1.32. The number of hydrogen-bond acceptors (Lipinski definition) is 3. The number of amides is 1. The van der Waals surface area contributed by atoms with Gasteiger partial charge in [0.15, 0.2) is 5.78 Å². The molecule has 0 unspecified atom stereocenters. The quantitative estimate of drug-likeness (QED) is 0.687. The molecule has 14 heavy (non-hydrogen) atoms. The van der Waals surface area contributed by atoms with E-state index in [0.717, 1.165) is 12.8 Å². The lowest BCUT2D eigenvalue weighted by atomic mass is 10.0. The van der Waals surface area contributed by atoms with Crippen LogP contribution in [0, 0.1) is 0 Å². The topological polar surface area (TPSA) is 57.6 Å². The lowest BCUT2D eigenvalue weighted by molar-refractivity contribution is -0.124. The van der Waals surface area contributed by atoms with Crippen molar-refractivity contribution >= 4 is 12.2 Å². The second kappa shape index (κ2) is 3.44. The Labute approximate surface area is 82.2 Å². The number of carbonyl (C=O) groups is 2. The fraction of sp³-hybridized carbons (Fsp3) is 0.600. The molecular formula is C10H13NO3. The van der Waals surface area contributed by atoms with Crippen LogP contribution in [0.2, 0.25) is 0 Å². The molecule has 0 aromatic heterocycles. The third-order valence-electron chi connectivity index (χ3n) is 2.67. The monoisotopic (exact) mass is 195 g/mol. The van der Waals surface area contributed by atoms with Crippen molar-refractivity contribution in [1.29, 1.82) is 0 Å². The first kappa shape index (κ1) is 9.24. The Morgan fingerprint density at radius 1 is 1.36 bits per heavy atom. The number of carbonyl (C=O) groups excluding carboxylic acids is 2. The summed E-state index contributed by atoms with van der Waals surface area (Å²) in [4.78, 5) is 23.7. The van der Waals surface area contributed by atoms with Crippen molar-refractivity contribution in [2.75, 3.05) is 0 Å². The summed E-state index contributed by atoms with van der Waals surface area (Å²) in [7, 11) is 0. The van der Waals surface area contributed by atoms with Gasteiger partial charge >= 0.3 is 0 Å². The molecular weight excluding hydrogens is 182 g/mol. The van der Waals surface area contributed by atoms with E-state index in [1.165, 1.54) is 4.90 Å². The van der Waals surface area contributed by atoms with Gasteiger partial charge in [0.2, 0.25) is 6.41 Å². The molecule has 0 spiro atoms. The van der Waals surface area contributed by atoms with E-state index < -0.39 is 0 Å². The van der Waals surface area contributed by atoms with Crippen molar-refractivity contribution in [1.82, 2.24) is 4.90 Å². The van der Waals surface area contributed by atoms with Gasteiger partial charge in [0, 0.05) is 18.9 Å². The average molecular weight is 195 g/mol. The van der Waals surface area contributed by atoms with E-state index in [4.69, 9.17) is 0 Å². The van der Waals surface area contributed by atoms with E-state index in [1.54, 1.807) is 0 Å². The number of ketones is 1. The highest BCUT2D eigenvalue weighted by Gasteiger charge is 2.35. The molecule has 0 aliphatic heterocycles. The molecule has 0 radical (unpaired) electrons. The highest BCUT2D eigenvalue weighted by atomic mass is 16.3. The van der Waals surface area contributed by atoms with E-state index in [-0.39, 0.29) is 23.3 Å². The normalized spacial score (nSPS) is 22.4. The Kier molecular flexibility index (Phi) is 2.27. The fourth-order valence-corrected chi connectivity index (χ4v) is 1.78. The van der Waals surface area contributed by atoms with Crippen LogP contribution in [-0.2, 0) is 9.59 Å². The highest BCUT2D eigenvalue weighted by Crippen LogP contribution is 2.32. The van der Waals surface area contributed by atoms with Crippen molar-refractivity contribution in [3.8, 4) is 0 Å². The summed E-state index contributed by atoms with van der Waals surface area (Å²) >= 11 is 0. The molecule has 0 bridgehead atoms. The molecule has 4 heteroatoms. The minimum absolute atomic E-state index is 0.0836. The average Bonchev–Trinajstić information content (AvgIpc) is 2.95. The van der Waals surface area contributed by atoms with Gasteiger partial charge in [-0.05, 0) is 19.3 Å². The molecule has 0 aromatic carbocycles. The molecule has 1 fully saturated rings. The zero-order chi connectivity index (χ0) is 10.1. The van der Waals surface area contributed by atoms with Crippen molar-refractivity contribution < 1.29 is 14.7 Å². The number of nitrogens with zero attached hydrogens (tertiary/aromatic N) is 1. The van der Waals surface area contributed by atoms with Crippen molar-refractivity contribution in [3.63, 3.8) is 0 Å². The number of hydrogen-bond donors (Lipinski definition) is 1. The molecule has 1 amide bonds. The van der Waals surface area contributed by atoms with Crippen LogP contribution in [0.25, 0.3) is 0 Å². The zero-order valence-electron chi connectivity index (χ0n) is 7.90. The van der Waals surface area contributed by atoms with E-state index in [0.29, 0.717) is 25.7 Å². The van der Waals surface area contributed by atoms with Crippen LogP contribution in [0.15, 0.2) is 11.5 Å². The van der Waals surface area contributed by atoms with Crippen LogP contribution in [-0.4, -0.2) is 28.2 Å². The molecule has 0 saturated heterocycles. The SMILES string of the molecule is O=CN(C1=C(O)CCCC1=O)C1CC1. The number of rotatable bonds is 3. The third-order valence-corrected chi connectivity index (χ3v) is 2.67. The molecule has 0 aromatic rings. The summed E-state index contributed by atoms with van der Waals surface area (Å²) in [5.74, 6) is -0.0204. The highest BCUT2D eigenvalue weighted by molar-refractivity contribution is 5.97. The Morgan fingerprint density at radius 3 is 2.57 bits per heavy atom. The van der Waals surface area contributed by atoms with Crippen molar-refractivity contribution in [3.05, 3.63) is 11.5 Å². The largest absolute Gasteiger partial charge is 0.510 e. The zero-order valence-corrected chi connectivity index (χ0v) is 7.90. The summed E-state index contributed by atoms with van der Waals surface area (Å²) < 4.78 is 0. The lowest BCUT2D eigenvalue weighted by Gasteiger charge is -2.23. The molecule has 4 nitrogen and oxygen atoms in total. The maximum atomic E-state index is 11.5. The molecule has 1 N–H and O–H groups in total. The maximum Gasteiger partial charge on any atom is 0.214 e. The third kappa shape index (κ3) is 1.52. The second-order valence-electron chi connectivity index (χ2n) is 3.82.